The molecule has 2 heterocycles. The van der Waals surface area contributed by atoms with Gasteiger partial charge in [-0.15, -0.1) is 0 Å². The van der Waals surface area contributed by atoms with Crippen LogP contribution in [0.2, 0.25) is 0 Å². The van der Waals surface area contributed by atoms with Crippen LogP contribution in [0.15, 0.2) is 52.2 Å². The fraction of sp³-hybridized carbons (Fsp3) is 0.500. The summed E-state index contributed by atoms with van der Waals surface area (Å²) < 4.78 is 19.0. The maximum Gasteiger partial charge on any atom is 0.330 e. The van der Waals surface area contributed by atoms with Crippen molar-refractivity contribution in [3.05, 3.63) is 69.0 Å². The molecule has 2 N–H and O–H groups in total. The van der Waals surface area contributed by atoms with E-state index in [1.54, 1.807) is 6.92 Å². The van der Waals surface area contributed by atoms with Crippen LogP contribution < -0.4 is 11.2 Å². The first kappa shape index (κ1) is 20.5. The summed E-state index contributed by atoms with van der Waals surface area (Å²) in [5.74, 6) is -1.37. The molecule has 0 aliphatic carbocycles. The second kappa shape index (κ2) is 8.00. The number of H-pyrrole nitrogens is 1. The third-order valence-corrected chi connectivity index (χ3v) is 4.57. The summed E-state index contributed by atoms with van der Waals surface area (Å²) in [5.41, 5.74) is -1.06. The largest absolute Gasteiger partial charge is 0.374 e. The Bertz CT molecular complexity index is 901. The second-order valence-corrected chi connectivity index (χ2v) is 7.62. The van der Waals surface area contributed by atoms with Crippen LogP contribution in [0.4, 0.5) is 0 Å². The molecule has 1 fully saturated rings. The Balaban J connectivity index is 1.76. The first-order chi connectivity index (χ1) is 13.2. The normalized spacial score (nSPS) is 25.1. The molecule has 3 atom stereocenters. The monoisotopic (exact) mass is 390 g/mol. The number of nitrogens with one attached hydrogen (secondary N) is 1. The highest BCUT2D eigenvalue weighted by atomic mass is 16.7. The van der Waals surface area contributed by atoms with E-state index in [1.807, 2.05) is 30.3 Å². The van der Waals surface area contributed by atoms with Gasteiger partial charge in [-0.1, -0.05) is 30.3 Å². The highest BCUT2D eigenvalue weighted by Crippen LogP contribution is 2.37. The van der Waals surface area contributed by atoms with Gasteiger partial charge in [0.2, 0.25) is 0 Å². The standard InChI is InChI=1S/C20H26N2O6/c1-19(2,25)27-15-11-20(3,22-10-9-17(23)21-18(22)24)28-16(15)13-26-12-14-7-5-4-6-8-14/h4-10,15-16,25H,11-13H2,1-3H3,(H,21,23,24)/t15?,16-,20-/m1/s1. The fourth-order valence-electron chi connectivity index (χ4n) is 3.40. The number of hydrogen-bond acceptors (Lipinski definition) is 6. The quantitative estimate of drug-likeness (QED) is 0.692. The minimum Gasteiger partial charge on any atom is -0.374 e. The third kappa shape index (κ3) is 4.96. The Morgan fingerprint density at radius 1 is 1.29 bits per heavy atom. The number of rotatable bonds is 7. The topological polar surface area (TPSA) is 103 Å². The lowest BCUT2D eigenvalue weighted by Gasteiger charge is -2.26. The van der Waals surface area contributed by atoms with Gasteiger partial charge >= 0.3 is 5.69 Å². The maximum atomic E-state index is 12.2. The van der Waals surface area contributed by atoms with Gasteiger partial charge in [0.15, 0.2) is 5.79 Å². The van der Waals surface area contributed by atoms with Crippen molar-refractivity contribution in [2.45, 2.75) is 57.5 Å². The molecule has 1 aliphatic heterocycles. The SMILES string of the molecule is CC(C)(O)OC1C[C@](C)(n2ccc(=O)[nH]c2=O)O[C@@H]1COCc1ccccc1. The average molecular weight is 390 g/mol. The van der Waals surface area contributed by atoms with Gasteiger partial charge in [0, 0.05) is 18.7 Å². The van der Waals surface area contributed by atoms with Crippen LogP contribution in [0.25, 0.3) is 0 Å². The summed E-state index contributed by atoms with van der Waals surface area (Å²) in [6.07, 6.45) is 0.705. The van der Waals surface area contributed by atoms with Crippen molar-refractivity contribution >= 4 is 0 Å². The van der Waals surface area contributed by atoms with Crippen LogP contribution in [0.3, 0.4) is 0 Å². The summed E-state index contributed by atoms with van der Waals surface area (Å²) >= 11 is 0. The van der Waals surface area contributed by atoms with Gasteiger partial charge in [-0.25, -0.2) is 4.79 Å². The van der Waals surface area contributed by atoms with E-state index in [9.17, 15) is 14.7 Å². The molecule has 0 bridgehead atoms. The molecule has 1 unspecified atom stereocenters. The lowest BCUT2D eigenvalue weighted by atomic mass is 10.1. The minimum absolute atomic E-state index is 0.226. The van der Waals surface area contributed by atoms with E-state index in [-0.39, 0.29) is 6.61 Å². The number of hydrogen-bond donors (Lipinski definition) is 2. The van der Waals surface area contributed by atoms with Gasteiger partial charge in [0.25, 0.3) is 5.56 Å². The smallest absolute Gasteiger partial charge is 0.330 e. The zero-order chi connectivity index (χ0) is 20.4. The molecule has 3 rings (SSSR count). The van der Waals surface area contributed by atoms with Crippen LogP contribution >= 0.6 is 0 Å². The van der Waals surface area contributed by atoms with E-state index in [1.165, 1.54) is 30.7 Å². The van der Waals surface area contributed by atoms with Crippen molar-refractivity contribution in [2.24, 2.45) is 0 Å². The number of nitrogens with zero attached hydrogens (tertiary/aromatic N) is 1. The lowest BCUT2D eigenvalue weighted by molar-refractivity contribution is -0.219. The molecule has 0 amide bonds. The van der Waals surface area contributed by atoms with Gasteiger partial charge in [0.1, 0.15) is 11.8 Å². The van der Waals surface area contributed by atoms with E-state index in [0.29, 0.717) is 13.0 Å². The number of ether oxygens (including phenoxy) is 3. The molecule has 8 heteroatoms. The summed E-state index contributed by atoms with van der Waals surface area (Å²) in [6.45, 7) is 5.45. The van der Waals surface area contributed by atoms with Gasteiger partial charge in [-0.05, 0) is 26.3 Å². The third-order valence-electron chi connectivity index (χ3n) is 4.57. The Morgan fingerprint density at radius 3 is 2.64 bits per heavy atom. The van der Waals surface area contributed by atoms with Gasteiger partial charge in [0.05, 0.1) is 19.3 Å². The van der Waals surface area contributed by atoms with Crippen LogP contribution in [-0.2, 0) is 26.5 Å². The molecular weight excluding hydrogens is 364 g/mol. The minimum atomic E-state index is -1.37. The molecule has 1 saturated heterocycles. The van der Waals surface area contributed by atoms with Gasteiger partial charge in [-0.2, -0.15) is 0 Å². The van der Waals surface area contributed by atoms with E-state index in [4.69, 9.17) is 14.2 Å². The van der Waals surface area contributed by atoms with Gasteiger partial charge in [-0.3, -0.25) is 14.3 Å². The van der Waals surface area contributed by atoms with Crippen molar-refractivity contribution < 1.29 is 19.3 Å². The number of aliphatic hydroxyl groups is 1. The van der Waals surface area contributed by atoms with Crippen LogP contribution in [0, 0.1) is 0 Å². The van der Waals surface area contributed by atoms with Crippen LogP contribution in [0.5, 0.6) is 0 Å². The Morgan fingerprint density at radius 2 is 2.00 bits per heavy atom. The Hall–Kier alpha value is -2.26. The molecular formula is C20H26N2O6. The number of aromatic amines is 1. The zero-order valence-electron chi connectivity index (χ0n) is 16.3. The Labute approximate surface area is 162 Å². The molecule has 1 aromatic heterocycles. The van der Waals surface area contributed by atoms with Crippen molar-refractivity contribution in [3.63, 3.8) is 0 Å². The molecule has 0 spiro atoms. The van der Waals surface area contributed by atoms with Crippen LogP contribution in [0.1, 0.15) is 32.8 Å². The van der Waals surface area contributed by atoms with E-state index in [2.05, 4.69) is 4.98 Å². The summed E-state index contributed by atoms with van der Waals surface area (Å²) in [5, 5.41) is 10.1. The number of benzene rings is 1. The van der Waals surface area contributed by atoms with E-state index in [0.717, 1.165) is 5.56 Å². The summed E-state index contributed by atoms with van der Waals surface area (Å²) in [6, 6.07) is 11.0. The molecule has 1 aliphatic rings. The molecule has 152 valence electrons. The average Bonchev–Trinajstić information content (AvgIpc) is 2.90. The zero-order valence-corrected chi connectivity index (χ0v) is 16.3. The molecule has 28 heavy (non-hydrogen) atoms. The molecule has 8 nitrogen and oxygen atoms in total. The first-order valence-corrected chi connectivity index (χ1v) is 9.18. The highest BCUT2D eigenvalue weighted by Gasteiger charge is 2.47. The van der Waals surface area contributed by atoms with Crippen molar-refractivity contribution in [2.75, 3.05) is 6.61 Å². The number of aromatic nitrogens is 2. The molecule has 1 aromatic carbocycles. The summed E-state index contributed by atoms with van der Waals surface area (Å²) in [7, 11) is 0. The fourth-order valence-corrected chi connectivity index (χ4v) is 3.40. The van der Waals surface area contributed by atoms with Crippen molar-refractivity contribution in [1.29, 1.82) is 0 Å². The summed E-state index contributed by atoms with van der Waals surface area (Å²) in [4.78, 5) is 25.8. The molecule has 2 aromatic rings. The van der Waals surface area contributed by atoms with Crippen molar-refractivity contribution in [3.8, 4) is 0 Å². The lowest BCUT2D eigenvalue weighted by Crippen LogP contribution is -2.42. The second-order valence-electron chi connectivity index (χ2n) is 7.62. The van der Waals surface area contributed by atoms with E-state index >= 15 is 0 Å². The predicted molar refractivity (Wildman–Crippen MR) is 102 cm³/mol. The molecule has 0 radical (unpaired) electrons. The maximum absolute atomic E-state index is 12.2. The first-order valence-electron chi connectivity index (χ1n) is 9.18. The van der Waals surface area contributed by atoms with Gasteiger partial charge < -0.3 is 19.3 Å². The Kier molecular flexibility index (Phi) is 5.85. The van der Waals surface area contributed by atoms with E-state index < -0.39 is 35.0 Å². The molecule has 0 saturated carbocycles. The van der Waals surface area contributed by atoms with Crippen LogP contribution in [-0.4, -0.2) is 39.3 Å². The van der Waals surface area contributed by atoms with Crippen molar-refractivity contribution in [1.82, 2.24) is 9.55 Å². The highest BCUT2D eigenvalue weighted by molar-refractivity contribution is 5.13. The predicted octanol–water partition coefficient (Wildman–Crippen LogP) is 1.33.